The normalized spacial score (nSPS) is 10.8. The average Bonchev–Trinajstić information content (AvgIpc) is 2.66. The van der Waals surface area contributed by atoms with Crippen molar-refractivity contribution < 1.29 is 0 Å². The molecule has 0 aliphatic rings. The van der Waals surface area contributed by atoms with E-state index in [0.717, 1.165) is 30.3 Å². The average molecular weight is 263 g/mol. The summed E-state index contributed by atoms with van der Waals surface area (Å²) in [7, 11) is 0. The Labute approximate surface area is 117 Å². The third-order valence-electron chi connectivity index (χ3n) is 3.60. The molecular formula is C16H29N3. The predicted octanol–water partition coefficient (Wildman–Crippen LogP) is 4.25. The fourth-order valence-electron chi connectivity index (χ4n) is 2.44. The molecule has 2 N–H and O–H groups in total. The number of aromatic nitrogens is 2. The zero-order valence-electron chi connectivity index (χ0n) is 12.6. The molecule has 0 unspecified atom stereocenters. The Balaban J connectivity index is 2.29. The van der Waals surface area contributed by atoms with Crippen molar-refractivity contribution in [3.63, 3.8) is 0 Å². The van der Waals surface area contributed by atoms with E-state index in [1.54, 1.807) is 0 Å². The monoisotopic (exact) mass is 263 g/mol. The second-order valence-electron chi connectivity index (χ2n) is 5.26. The van der Waals surface area contributed by atoms with Crippen LogP contribution in [0.2, 0.25) is 0 Å². The molecule has 0 amide bonds. The summed E-state index contributed by atoms with van der Waals surface area (Å²) in [6.45, 7) is 8.77. The number of nitrogens with two attached hydrogens (primary N) is 1. The molecular weight excluding hydrogens is 234 g/mol. The van der Waals surface area contributed by atoms with Crippen LogP contribution < -0.4 is 5.73 Å². The standard InChI is InChI=1S/C16H29N3/c1-4-6-7-8-9-10-11-12-15-16(17)19(13-5-2)14(3)18-15/h5H,2,4,6-13,17H2,1,3H3. The first-order valence-corrected chi connectivity index (χ1v) is 7.63. The molecule has 0 spiro atoms. The highest BCUT2D eigenvalue weighted by Crippen LogP contribution is 2.17. The molecule has 3 nitrogen and oxygen atoms in total. The van der Waals surface area contributed by atoms with Gasteiger partial charge in [-0.1, -0.05) is 51.5 Å². The highest BCUT2D eigenvalue weighted by atomic mass is 15.1. The number of hydrogen-bond acceptors (Lipinski definition) is 2. The molecule has 19 heavy (non-hydrogen) atoms. The molecule has 0 aliphatic carbocycles. The van der Waals surface area contributed by atoms with E-state index in [2.05, 4.69) is 18.5 Å². The summed E-state index contributed by atoms with van der Waals surface area (Å²) in [5, 5.41) is 0. The van der Waals surface area contributed by atoms with Gasteiger partial charge in [0.05, 0.1) is 5.69 Å². The Morgan fingerprint density at radius 2 is 1.79 bits per heavy atom. The van der Waals surface area contributed by atoms with Gasteiger partial charge < -0.3 is 10.3 Å². The van der Waals surface area contributed by atoms with E-state index in [1.165, 1.54) is 44.9 Å². The molecule has 1 aromatic heterocycles. The highest BCUT2D eigenvalue weighted by molar-refractivity contribution is 5.38. The molecule has 0 bridgehead atoms. The van der Waals surface area contributed by atoms with Crippen LogP contribution in [0.3, 0.4) is 0 Å². The summed E-state index contributed by atoms with van der Waals surface area (Å²) in [6, 6.07) is 0. The number of allylic oxidation sites excluding steroid dienone is 1. The summed E-state index contributed by atoms with van der Waals surface area (Å²) in [5.41, 5.74) is 7.19. The molecule has 0 saturated carbocycles. The van der Waals surface area contributed by atoms with Crippen LogP contribution in [0, 0.1) is 6.92 Å². The number of nitrogens with zero attached hydrogens (tertiary/aromatic N) is 2. The lowest BCUT2D eigenvalue weighted by Crippen LogP contribution is -2.04. The van der Waals surface area contributed by atoms with Crippen molar-refractivity contribution in [3.8, 4) is 0 Å². The van der Waals surface area contributed by atoms with Crippen LogP contribution in [0.25, 0.3) is 0 Å². The van der Waals surface area contributed by atoms with Crippen molar-refractivity contribution >= 4 is 5.82 Å². The van der Waals surface area contributed by atoms with Gasteiger partial charge in [0.1, 0.15) is 11.6 Å². The van der Waals surface area contributed by atoms with Gasteiger partial charge in [0.25, 0.3) is 0 Å². The van der Waals surface area contributed by atoms with E-state index >= 15 is 0 Å². The summed E-state index contributed by atoms with van der Waals surface area (Å²) < 4.78 is 2.03. The quantitative estimate of drug-likeness (QED) is 0.506. The fraction of sp³-hybridized carbons (Fsp3) is 0.688. The van der Waals surface area contributed by atoms with Gasteiger partial charge >= 0.3 is 0 Å². The third-order valence-corrected chi connectivity index (χ3v) is 3.60. The van der Waals surface area contributed by atoms with Gasteiger partial charge in [-0.15, -0.1) is 6.58 Å². The zero-order valence-corrected chi connectivity index (χ0v) is 12.6. The van der Waals surface area contributed by atoms with E-state index in [-0.39, 0.29) is 0 Å². The number of anilines is 1. The van der Waals surface area contributed by atoms with Crippen LogP contribution in [-0.4, -0.2) is 9.55 Å². The summed E-state index contributed by atoms with van der Waals surface area (Å²) >= 11 is 0. The Bertz CT molecular complexity index is 380. The van der Waals surface area contributed by atoms with E-state index in [0.29, 0.717) is 0 Å². The Hall–Kier alpha value is -1.25. The van der Waals surface area contributed by atoms with Gasteiger partial charge in [-0.05, 0) is 19.8 Å². The van der Waals surface area contributed by atoms with Gasteiger partial charge in [-0.25, -0.2) is 4.98 Å². The van der Waals surface area contributed by atoms with Gasteiger partial charge in [-0.3, -0.25) is 0 Å². The second-order valence-corrected chi connectivity index (χ2v) is 5.26. The smallest absolute Gasteiger partial charge is 0.127 e. The van der Waals surface area contributed by atoms with Gasteiger partial charge in [0.2, 0.25) is 0 Å². The van der Waals surface area contributed by atoms with Crippen LogP contribution in [0.4, 0.5) is 5.82 Å². The maximum absolute atomic E-state index is 6.12. The largest absolute Gasteiger partial charge is 0.384 e. The highest BCUT2D eigenvalue weighted by Gasteiger charge is 2.10. The molecule has 3 heteroatoms. The van der Waals surface area contributed by atoms with Crippen LogP contribution in [0.1, 0.15) is 63.4 Å². The van der Waals surface area contributed by atoms with Crippen molar-refractivity contribution in [1.29, 1.82) is 0 Å². The number of unbranched alkanes of at least 4 members (excludes halogenated alkanes) is 6. The van der Waals surface area contributed by atoms with Crippen molar-refractivity contribution in [1.82, 2.24) is 9.55 Å². The zero-order chi connectivity index (χ0) is 14.1. The summed E-state index contributed by atoms with van der Waals surface area (Å²) in [4.78, 5) is 4.57. The fourth-order valence-corrected chi connectivity index (χ4v) is 2.44. The molecule has 1 heterocycles. The van der Waals surface area contributed by atoms with Crippen molar-refractivity contribution in [2.45, 2.75) is 71.8 Å². The minimum atomic E-state index is 0.752. The van der Waals surface area contributed by atoms with Crippen LogP contribution >= 0.6 is 0 Å². The molecule has 0 atom stereocenters. The van der Waals surface area contributed by atoms with Gasteiger partial charge in [0, 0.05) is 6.54 Å². The molecule has 1 rings (SSSR count). The van der Waals surface area contributed by atoms with Gasteiger partial charge in [-0.2, -0.15) is 0 Å². The molecule has 108 valence electrons. The van der Waals surface area contributed by atoms with Crippen LogP contribution in [0.15, 0.2) is 12.7 Å². The molecule has 1 aromatic rings. The van der Waals surface area contributed by atoms with Crippen molar-refractivity contribution in [3.05, 3.63) is 24.2 Å². The first kappa shape index (κ1) is 15.8. The first-order chi connectivity index (χ1) is 9.20. The van der Waals surface area contributed by atoms with Crippen LogP contribution in [0.5, 0.6) is 0 Å². The lowest BCUT2D eigenvalue weighted by Gasteiger charge is -2.04. The molecule has 0 radical (unpaired) electrons. The van der Waals surface area contributed by atoms with Crippen LogP contribution in [-0.2, 0) is 13.0 Å². The number of nitrogen functional groups attached to an aromatic ring is 1. The van der Waals surface area contributed by atoms with Crippen molar-refractivity contribution in [2.75, 3.05) is 5.73 Å². The lowest BCUT2D eigenvalue weighted by atomic mass is 10.1. The molecule has 0 aliphatic heterocycles. The Morgan fingerprint density at radius 3 is 2.42 bits per heavy atom. The number of imidazole rings is 1. The maximum Gasteiger partial charge on any atom is 0.127 e. The van der Waals surface area contributed by atoms with Crippen molar-refractivity contribution in [2.24, 2.45) is 0 Å². The second kappa shape index (κ2) is 8.78. The SMILES string of the molecule is C=CCn1c(C)nc(CCCCCCCCC)c1N. The number of hydrogen-bond donors (Lipinski definition) is 1. The van der Waals surface area contributed by atoms with E-state index in [9.17, 15) is 0 Å². The molecule has 0 saturated heterocycles. The Kier molecular flexibility index (Phi) is 7.31. The molecule has 0 fully saturated rings. The number of rotatable bonds is 10. The van der Waals surface area contributed by atoms with E-state index in [1.807, 2.05) is 17.6 Å². The summed E-state index contributed by atoms with van der Waals surface area (Å²) in [5.74, 6) is 1.82. The Morgan fingerprint density at radius 1 is 1.16 bits per heavy atom. The van der Waals surface area contributed by atoms with Gasteiger partial charge in [0.15, 0.2) is 0 Å². The molecule has 0 aromatic carbocycles. The predicted molar refractivity (Wildman–Crippen MR) is 83.3 cm³/mol. The lowest BCUT2D eigenvalue weighted by molar-refractivity contribution is 0.588. The first-order valence-electron chi connectivity index (χ1n) is 7.63. The number of aryl methyl sites for hydroxylation is 2. The topological polar surface area (TPSA) is 43.8 Å². The maximum atomic E-state index is 6.12. The minimum Gasteiger partial charge on any atom is -0.384 e. The third kappa shape index (κ3) is 5.09. The van der Waals surface area contributed by atoms with E-state index in [4.69, 9.17) is 5.73 Å². The van der Waals surface area contributed by atoms with E-state index < -0.39 is 0 Å². The summed E-state index contributed by atoms with van der Waals surface area (Å²) in [6.07, 6.45) is 12.1. The minimum absolute atomic E-state index is 0.752.